The van der Waals surface area contributed by atoms with Gasteiger partial charge in [-0.1, -0.05) is 130 Å². The van der Waals surface area contributed by atoms with Gasteiger partial charge in [0.1, 0.15) is 33.9 Å². The van der Waals surface area contributed by atoms with E-state index in [1.807, 2.05) is 84.0 Å². The number of benzene rings is 5. The number of pyridine rings is 4. The number of halogens is 2. The number of aromatic nitrogens is 4. The van der Waals surface area contributed by atoms with Gasteiger partial charge >= 0.3 is 0 Å². The molecule has 19 heteroatoms. The van der Waals surface area contributed by atoms with Crippen LogP contribution in [0, 0.1) is 47.6 Å². The standard InChI is InChI=1S/C18H18NO.C17H10NO.C17H16NO.C14H8F2NO.C11H20O2.2C5H8O2.3Ir/c1-18(2,3)13-4-5-14-12(10-13)11-19-8-6-16-15(17(14)19)7-9-20-16;1-2-4-13-11-14(6-5-12(13)3-1)17-15-8-10-19-16(15)7-9-18-17;1-17(2,3)13-6-4-12(5-7-13)16-14-9-11-19-15(14)8-10-18-16;1-8-6-11-13(18-8)4-5-17-14(11)10-3-2-9(15)7-12(10)16;1-10(2,3)8(12)7-9(13)11(4,5)6;2*1-4(6)3-5(2)7;;;/h4-10H,11H2,1-3H3;1-5,7-11H;4,6-11H,1-3H3;2,4-7H,1H3;7,12H,1-6H3;2*3,6H,1-2H3;;;/q+1;3*-1;;;;;;. The van der Waals surface area contributed by atoms with Crippen LogP contribution in [0.4, 0.5) is 8.78 Å². The number of carbonyl (C=O) groups is 3. The van der Waals surface area contributed by atoms with Crippen LogP contribution < -0.4 is 4.57 Å². The molecule has 0 spiro atoms. The molecule has 0 atom stereocenters. The van der Waals surface area contributed by atoms with Crippen molar-refractivity contribution in [2.45, 2.75) is 135 Å². The van der Waals surface area contributed by atoms with Crippen LogP contribution in [0.1, 0.15) is 133 Å². The Labute approximate surface area is 658 Å². The molecule has 9 heterocycles. The first-order valence-corrected chi connectivity index (χ1v) is 33.5. The Balaban J connectivity index is 0.000000227. The molecule has 3 N–H and O–H groups in total. The van der Waals surface area contributed by atoms with Crippen LogP contribution in [-0.2, 0) is 92.1 Å². The second-order valence-corrected chi connectivity index (χ2v) is 29.0. The third-order valence-electron chi connectivity index (χ3n) is 16.1. The molecule has 0 bridgehead atoms. The number of aryl methyl sites for hydroxylation is 1. The van der Waals surface area contributed by atoms with Crippen LogP contribution in [0.2, 0.25) is 0 Å². The first-order valence-electron chi connectivity index (χ1n) is 33.5. The van der Waals surface area contributed by atoms with Gasteiger partial charge in [-0.3, -0.25) is 23.2 Å². The monoisotopic (exact) mass is 1970 g/mol. The van der Waals surface area contributed by atoms with Gasteiger partial charge in [0.15, 0.2) is 30.1 Å². The maximum Gasteiger partial charge on any atom is 0.224 e. The molecule has 1 aliphatic rings. The van der Waals surface area contributed by atoms with Gasteiger partial charge in [-0.25, -0.2) is 0 Å². The smallest absolute Gasteiger partial charge is 0.224 e. The molecule has 0 saturated carbocycles. The maximum absolute atomic E-state index is 13.7. The number of hydrogen-bond donors (Lipinski definition) is 3. The van der Waals surface area contributed by atoms with E-state index in [2.05, 4.69) is 152 Å². The van der Waals surface area contributed by atoms with E-state index in [0.717, 1.165) is 68.7 Å². The molecular weight excluding hydrogens is 1880 g/mol. The Morgan fingerprint density at radius 2 is 1.02 bits per heavy atom. The van der Waals surface area contributed by atoms with Gasteiger partial charge in [-0.2, -0.15) is 4.57 Å². The van der Waals surface area contributed by atoms with E-state index in [1.54, 1.807) is 50.2 Å². The molecule has 5 aromatic carbocycles. The van der Waals surface area contributed by atoms with Crippen molar-refractivity contribution in [2.75, 3.05) is 0 Å². The molecule has 0 unspecified atom stereocenters. The zero-order valence-corrected chi connectivity index (χ0v) is 69.6. The fourth-order valence-corrected chi connectivity index (χ4v) is 10.7. The van der Waals surface area contributed by atoms with Crippen LogP contribution >= 0.6 is 0 Å². The molecule has 106 heavy (non-hydrogen) atoms. The Kier molecular flexibility index (Phi) is 31.0. The summed E-state index contributed by atoms with van der Waals surface area (Å²) in [7, 11) is 0. The van der Waals surface area contributed by atoms with Crippen molar-refractivity contribution < 1.29 is 121 Å². The summed E-state index contributed by atoms with van der Waals surface area (Å²) >= 11 is 0. The predicted octanol–water partition coefficient (Wildman–Crippen LogP) is 22.1. The van der Waals surface area contributed by atoms with Crippen LogP contribution in [0.3, 0.4) is 0 Å². The first-order chi connectivity index (χ1) is 48.5. The van der Waals surface area contributed by atoms with Crippen LogP contribution in [-0.4, -0.2) is 47.6 Å². The topological polar surface area (TPSA) is 207 Å². The van der Waals surface area contributed by atoms with E-state index < -0.39 is 17.0 Å². The average Bonchev–Trinajstić information content (AvgIpc) is 1.59. The van der Waals surface area contributed by atoms with Crippen LogP contribution in [0.5, 0.6) is 0 Å². The van der Waals surface area contributed by atoms with Gasteiger partial charge in [0.05, 0.1) is 41.3 Å². The molecule has 0 saturated heterocycles. The summed E-state index contributed by atoms with van der Waals surface area (Å²) < 4.78 is 50.7. The predicted molar refractivity (Wildman–Crippen MR) is 404 cm³/mol. The number of allylic oxidation sites excluding steroid dienone is 6. The van der Waals surface area contributed by atoms with Gasteiger partial charge < -0.3 is 47.9 Å². The Hall–Kier alpha value is -9.44. The Morgan fingerprint density at radius 1 is 0.509 bits per heavy atom. The summed E-state index contributed by atoms with van der Waals surface area (Å²) in [6, 6.07) is 51.9. The molecule has 13 aromatic rings. The van der Waals surface area contributed by atoms with E-state index in [4.69, 9.17) is 27.9 Å². The van der Waals surface area contributed by atoms with Gasteiger partial charge in [-0.05, 0) is 117 Å². The van der Waals surface area contributed by atoms with Crippen LogP contribution in [0.15, 0.2) is 230 Å². The van der Waals surface area contributed by atoms with Crippen molar-refractivity contribution >= 4 is 72.0 Å². The van der Waals surface area contributed by atoms with Crippen molar-refractivity contribution in [1.82, 2.24) is 15.0 Å². The number of fused-ring (bicyclic) bond motifs is 9. The third kappa shape index (κ3) is 23.5. The number of furan rings is 4. The number of hydrogen-bond acceptors (Lipinski definition) is 13. The summed E-state index contributed by atoms with van der Waals surface area (Å²) in [5.41, 5.74) is 13.9. The first kappa shape index (κ1) is 87.2. The van der Waals surface area contributed by atoms with Crippen molar-refractivity contribution in [2.24, 2.45) is 10.8 Å². The number of aliphatic hydroxyl groups is 3. The Bertz CT molecular complexity index is 5230. The van der Waals surface area contributed by atoms with Gasteiger partial charge in [-0.15, -0.1) is 76.7 Å². The minimum absolute atomic E-state index is 0. The number of rotatable bonds is 6. The number of ketones is 3. The van der Waals surface area contributed by atoms with Gasteiger partial charge in [0, 0.05) is 153 Å². The molecule has 0 aliphatic carbocycles. The van der Waals surface area contributed by atoms with Crippen molar-refractivity contribution in [3.8, 4) is 45.0 Å². The van der Waals surface area contributed by atoms with E-state index in [0.29, 0.717) is 22.4 Å². The SMILES string of the molecule is CC(=O)C=C(C)O.CC(=O)C=C(C)O.CC(C)(C)C(=O)C=C(O)C(C)(C)C.CC(C)(C)c1c[c-]c(-c2nccc3occc23)cc1.CC(C)(C)c1ccc2c(c1)C[n+]1ccc3occc3c1-2.Cc1cc2c(-c3[c-]cc(F)cc3F)nccc2o1.[Ir].[Ir].[Ir].[c-]1cc2ccccc2cc1-c1nccc2occc12. The number of nitrogens with zero attached hydrogens (tertiary/aromatic N) is 4. The summed E-state index contributed by atoms with van der Waals surface area (Å²) in [5, 5.41) is 32.6. The van der Waals surface area contributed by atoms with E-state index in [9.17, 15) is 28.3 Å². The average molecular weight is 1960 g/mol. The molecule has 8 aromatic heterocycles. The second-order valence-electron chi connectivity index (χ2n) is 29.0. The molecule has 1 aliphatic heterocycles. The molecule has 14 nitrogen and oxygen atoms in total. The molecule has 0 amide bonds. The minimum Gasteiger partial charge on any atom is -0.512 e. The van der Waals surface area contributed by atoms with E-state index in [-0.39, 0.29) is 117 Å². The summed E-state index contributed by atoms with van der Waals surface area (Å²) in [6.07, 6.45) is 16.0. The minimum atomic E-state index is -0.686. The van der Waals surface area contributed by atoms with E-state index >= 15 is 0 Å². The third-order valence-corrected chi connectivity index (χ3v) is 16.1. The molecular formula is C87H88F2Ir3N4O10-2. The van der Waals surface area contributed by atoms with Crippen molar-refractivity contribution in [3.63, 3.8) is 0 Å². The van der Waals surface area contributed by atoms with Crippen LogP contribution in [0.25, 0.3) is 99.7 Å². The van der Waals surface area contributed by atoms with Crippen molar-refractivity contribution in [3.05, 3.63) is 265 Å². The second kappa shape index (κ2) is 37.7. The number of carbonyl (C=O) groups excluding carboxylic acids is 3. The summed E-state index contributed by atoms with van der Waals surface area (Å²) in [6.45, 7) is 32.9. The van der Waals surface area contributed by atoms with E-state index in [1.165, 1.54) is 96.2 Å². The molecule has 3 radical (unpaired) electrons. The summed E-state index contributed by atoms with van der Waals surface area (Å²) in [4.78, 5) is 44.6. The van der Waals surface area contributed by atoms with Gasteiger partial charge in [0.2, 0.25) is 5.69 Å². The fourth-order valence-electron chi connectivity index (χ4n) is 10.7. The number of aliphatic hydroxyl groups excluding tert-OH is 3. The van der Waals surface area contributed by atoms with Crippen molar-refractivity contribution in [1.29, 1.82) is 0 Å². The maximum atomic E-state index is 13.7. The normalized spacial score (nSPS) is 11.9. The molecule has 559 valence electrons. The largest absolute Gasteiger partial charge is 0.512 e. The Morgan fingerprint density at radius 3 is 1.52 bits per heavy atom. The summed E-state index contributed by atoms with van der Waals surface area (Å²) in [5.74, 6) is -0.658. The fraction of sp³-hybridized carbons (Fsp3) is 0.253. The molecule has 0 fully saturated rings. The zero-order chi connectivity index (χ0) is 75.3. The quantitative estimate of drug-likeness (QED) is 0.0614. The molecule has 14 rings (SSSR count). The zero-order valence-electron chi connectivity index (χ0n) is 62.4. The van der Waals surface area contributed by atoms with Gasteiger partial charge in [0.25, 0.3) is 0 Å².